The van der Waals surface area contributed by atoms with Gasteiger partial charge < -0.3 is 9.15 Å². The minimum absolute atomic E-state index is 0.250. The molecule has 26 heavy (non-hydrogen) atoms. The van der Waals surface area contributed by atoms with E-state index in [9.17, 15) is 4.39 Å². The van der Waals surface area contributed by atoms with Crippen molar-refractivity contribution in [2.75, 3.05) is 6.61 Å². The van der Waals surface area contributed by atoms with Crippen LogP contribution >= 0.6 is 0 Å². The summed E-state index contributed by atoms with van der Waals surface area (Å²) < 4.78 is 25.5. The Labute approximate surface area is 152 Å². The highest BCUT2D eigenvalue weighted by Crippen LogP contribution is 2.27. The van der Waals surface area contributed by atoms with Crippen molar-refractivity contribution >= 4 is 0 Å². The number of benzene rings is 2. The lowest BCUT2D eigenvalue weighted by Crippen LogP contribution is -2.02. The van der Waals surface area contributed by atoms with Crippen molar-refractivity contribution in [2.45, 2.75) is 39.5 Å². The van der Waals surface area contributed by atoms with Gasteiger partial charge in [0.1, 0.15) is 17.3 Å². The number of hydrogen-bond donors (Lipinski definition) is 0. The van der Waals surface area contributed by atoms with Gasteiger partial charge in [-0.1, -0.05) is 12.1 Å². The van der Waals surface area contributed by atoms with Gasteiger partial charge in [0.15, 0.2) is 0 Å². The molecule has 3 aromatic rings. The summed E-state index contributed by atoms with van der Waals surface area (Å²) in [5.41, 5.74) is 4.93. The lowest BCUT2D eigenvalue weighted by Gasteiger charge is -2.07. The molecule has 4 rings (SSSR count). The summed E-state index contributed by atoms with van der Waals surface area (Å²) in [4.78, 5) is 4.44. The third-order valence-electron chi connectivity index (χ3n) is 4.98. The Hall–Kier alpha value is -2.62. The number of nitrogens with zero attached hydrogens (tertiary/aromatic N) is 1. The minimum atomic E-state index is -0.250. The molecule has 0 amide bonds. The second-order valence-corrected chi connectivity index (χ2v) is 6.87. The normalized spacial score (nSPS) is 13.0. The first kappa shape index (κ1) is 16.8. The average molecular weight is 351 g/mol. The third kappa shape index (κ3) is 3.36. The van der Waals surface area contributed by atoms with Crippen molar-refractivity contribution in [3.63, 3.8) is 0 Å². The minimum Gasteiger partial charge on any atom is -0.493 e. The number of hydrogen-bond acceptors (Lipinski definition) is 3. The molecule has 1 heterocycles. The van der Waals surface area contributed by atoms with Crippen molar-refractivity contribution in [2.24, 2.45) is 0 Å². The molecular weight excluding hydrogens is 329 g/mol. The molecule has 1 aliphatic carbocycles. The fourth-order valence-corrected chi connectivity index (χ4v) is 3.41. The van der Waals surface area contributed by atoms with Crippen LogP contribution in [0.1, 0.15) is 34.6 Å². The fraction of sp³-hybridized carbons (Fsp3) is 0.318. The summed E-state index contributed by atoms with van der Waals surface area (Å²) in [7, 11) is 0. The van der Waals surface area contributed by atoms with E-state index in [1.807, 2.05) is 19.1 Å². The number of fused-ring (bicyclic) bond motifs is 1. The number of aryl methyl sites for hydroxylation is 4. The molecule has 0 saturated heterocycles. The van der Waals surface area contributed by atoms with E-state index in [0.29, 0.717) is 30.0 Å². The lowest BCUT2D eigenvalue weighted by molar-refractivity contribution is 0.309. The van der Waals surface area contributed by atoms with Crippen LogP contribution in [-0.4, -0.2) is 11.6 Å². The van der Waals surface area contributed by atoms with Crippen LogP contribution in [0.25, 0.3) is 11.5 Å². The van der Waals surface area contributed by atoms with Gasteiger partial charge in [-0.25, -0.2) is 9.37 Å². The molecule has 0 bridgehead atoms. The van der Waals surface area contributed by atoms with Gasteiger partial charge in [-0.05, 0) is 74.1 Å². The van der Waals surface area contributed by atoms with Gasteiger partial charge in [0.2, 0.25) is 5.89 Å². The summed E-state index contributed by atoms with van der Waals surface area (Å²) in [6.07, 6.45) is 4.18. The summed E-state index contributed by atoms with van der Waals surface area (Å²) in [5.74, 6) is 1.89. The first-order chi connectivity index (χ1) is 12.6. The van der Waals surface area contributed by atoms with Gasteiger partial charge in [-0.2, -0.15) is 0 Å². The Balaban J connectivity index is 1.42. The largest absolute Gasteiger partial charge is 0.493 e. The van der Waals surface area contributed by atoms with Crippen molar-refractivity contribution in [1.29, 1.82) is 0 Å². The quantitative estimate of drug-likeness (QED) is 0.633. The van der Waals surface area contributed by atoms with E-state index in [1.54, 1.807) is 13.0 Å². The Morgan fingerprint density at radius 2 is 1.92 bits per heavy atom. The maximum absolute atomic E-state index is 13.8. The number of aromatic nitrogens is 1. The molecule has 0 radical (unpaired) electrons. The fourth-order valence-electron chi connectivity index (χ4n) is 3.41. The van der Waals surface area contributed by atoms with E-state index in [0.717, 1.165) is 23.6 Å². The molecule has 0 unspecified atom stereocenters. The third-order valence-corrected chi connectivity index (χ3v) is 4.98. The Morgan fingerprint density at radius 1 is 1.08 bits per heavy atom. The van der Waals surface area contributed by atoms with E-state index in [1.165, 1.54) is 30.0 Å². The van der Waals surface area contributed by atoms with Crippen LogP contribution in [-0.2, 0) is 19.3 Å². The van der Waals surface area contributed by atoms with Crippen LogP contribution in [0.3, 0.4) is 0 Å². The van der Waals surface area contributed by atoms with Crippen molar-refractivity contribution < 1.29 is 13.5 Å². The SMILES string of the molecule is Cc1ccc(-c2nc(C)c(CCOc3ccc4c(c3)CCC4)o2)cc1F. The summed E-state index contributed by atoms with van der Waals surface area (Å²) in [6.45, 7) is 4.17. The Kier molecular flexibility index (Phi) is 4.49. The van der Waals surface area contributed by atoms with Gasteiger partial charge in [-0.15, -0.1) is 0 Å². The van der Waals surface area contributed by atoms with Crippen LogP contribution < -0.4 is 4.74 Å². The van der Waals surface area contributed by atoms with Crippen molar-refractivity contribution in [3.05, 3.63) is 70.4 Å². The molecule has 1 aromatic heterocycles. The number of halogens is 1. The highest BCUT2D eigenvalue weighted by Gasteiger charge is 2.14. The van der Waals surface area contributed by atoms with Gasteiger partial charge in [0, 0.05) is 12.0 Å². The van der Waals surface area contributed by atoms with E-state index in [4.69, 9.17) is 9.15 Å². The van der Waals surface area contributed by atoms with Crippen LogP contribution in [0, 0.1) is 19.7 Å². The van der Waals surface area contributed by atoms with Crippen molar-refractivity contribution in [1.82, 2.24) is 4.98 Å². The van der Waals surface area contributed by atoms with Crippen LogP contribution in [0.4, 0.5) is 4.39 Å². The number of rotatable bonds is 5. The van der Waals surface area contributed by atoms with E-state index < -0.39 is 0 Å². The average Bonchev–Trinajstić information content (AvgIpc) is 3.24. The molecule has 0 atom stereocenters. The summed E-state index contributed by atoms with van der Waals surface area (Å²) in [6, 6.07) is 11.4. The second-order valence-electron chi connectivity index (χ2n) is 6.87. The van der Waals surface area contributed by atoms with Gasteiger partial charge in [0.05, 0.1) is 12.3 Å². The molecule has 1 aliphatic rings. The topological polar surface area (TPSA) is 35.3 Å². The molecule has 0 N–H and O–H groups in total. The summed E-state index contributed by atoms with van der Waals surface area (Å²) >= 11 is 0. The van der Waals surface area contributed by atoms with E-state index in [2.05, 4.69) is 17.1 Å². The molecular formula is C22H22FNO2. The summed E-state index contributed by atoms with van der Waals surface area (Å²) in [5, 5.41) is 0. The Morgan fingerprint density at radius 3 is 2.77 bits per heavy atom. The number of ether oxygens (including phenoxy) is 1. The maximum Gasteiger partial charge on any atom is 0.226 e. The molecule has 2 aromatic carbocycles. The first-order valence-electron chi connectivity index (χ1n) is 9.07. The van der Waals surface area contributed by atoms with Crippen LogP contribution in [0.15, 0.2) is 40.8 Å². The molecule has 4 heteroatoms. The standard InChI is InChI=1S/C22H22FNO2/c1-14-6-7-18(13-20(14)23)22-24-15(2)21(26-22)10-11-25-19-9-8-16-4-3-5-17(16)12-19/h6-9,12-13H,3-5,10-11H2,1-2H3. The predicted molar refractivity (Wildman–Crippen MR) is 99.0 cm³/mol. The van der Waals surface area contributed by atoms with Gasteiger partial charge >= 0.3 is 0 Å². The maximum atomic E-state index is 13.8. The monoisotopic (exact) mass is 351 g/mol. The van der Waals surface area contributed by atoms with Gasteiger partial charge in [-0.3, -0.25) is 0 Å². The smallest absolute Gasteiger partial charge is 0.226 e. The van der Waals surface area contributed by atoms with Crippen LogP contribution in [0.5, 0.6) is 5.75 Å². The zero-order valence-electron chi connectivity index (χ0n) is 15.1. The Bertz CT molecular complexity index is 945. The molecule has 134 valence electrons. The van der Waals surface area contributed by atoms with Crippen LogP contribution in [0.2, 0.25) is 0 Å². The molecule has 0 aliphatic heterocycles. The zero-order chi connectivity index (χ0) is 18.1. The second kappa shape index (κ2) is 6.94. The van der Waals surface area contributed by atoms with E-state index in [-0.39, 0.29) is 5.82 Å². The molecule has 0 fully saturated rings. The number of oxazole rings is 1. The molecule has 0 spiro atoms. The lowest BCUT2D eigenvalue weighted by atomic mass is 10.1. The molecule has 0 saturated carbocycles. The van der Waals surface area contributed by atoms with Crippen molar-refractivity contribution in [3.8, 4) is 17.2 Å². The molecule has 3 nitrogen and oxygen atoms in total. The van der Waals surface area contributed by atoms with Gasteiger partial charge in [0.25, 0.3) is 0 Å². The highest BCUT2D eigenvalue weighted by atomic mass is 19.1. The highest BCUT2D eigenvalue weighted by molar-refractivity contribution is 5.54. The first-order valence-corrected chi connectivity index (χ1v) is 9.07. The van der Waals surface area contributed by atoms with E-state index >= 15 is 0 Å². The predicted octanol–water partition coefficient (Wildman–Crippen LogP) is 5.21. The zero-order valence-corrected chi connectivity index (χ0v) is 15.1.